The van der Waals surface area contributed by atoms with Gasteiger partial charge in [0.1, 0.15) is 17.5 Å². The number of hydrogen-bond acceptors (Lipinski definition) is 5. The number of carboxylic acid groups (broad SMARTS) is 1. The predicted octanol–water partition coefficient (Wildman–Crippen LogP) is 5.67. The van der Waals surface area contributed by atoms with E-state index in [0.29, 0.717) is 5.02 Å². The summed E-state index contributed by atoms with van der Waals surface area (Å²) in [4.78, 5) is 10.7. The van der Waals surface area contributed by atoms with Crippen LogP contribution in [0.5, 0.6) is 11.5 Å². The summed E-state index contributed by atoms with van der Waals surface area (Å²) in [6.45, 7) is 0. The fourth-order valence-electron chi connectivity index (χ4n) is 2.82. The van der Waals surface area contributed by atoms with E-state index in [-0.39, 0.29) is 34.3 Å². The van der Waals surface area contributed by atoms with E-state index < -0.39 is 46.0 Å². The lowest BCUT2D eigenvalue weighted by molar-refractivity contribution is -0.150. The third kappa shape index (κ3) is 7.84. The van der Waals surface area contributed by atoms with Gasteiger partial charge in [-0.25, -0.2) is 4.21 Å². The SMILES string of the molecule is N=S(=O)(CCC(c1ccc(Oc2ccc(Cl)cc2Cl)cc1)C(F)(F)F)CC[C@H](N)C(=O)O. The molecule has 0 radical (unpaired) electrons. The molecule has 2 aromatic carbocycles. The quantitative estimate of drug-likeness (QED) is 0.379. The molecule has 0 saturated carbocycles. The van der Waals surface area contributed by atoms with Gasteiger partial charge in [-0.15, -0.1) is 0 Å². The molecular weight excluding hydrogens is 492 g/mol. The zero-order valence-corrected chi connectivity index (χ0v) is 18.9. The molecule has 12 heteroatoms. The van der Waals surface area contributed by atoms with Crippen LogP contribution in [0.2, 0.25) is 10.0 Å². The summed E-state index contributed by atoms with van der Waals surface area (Å²) in [5.41, 5.74) is 5.23. The molecule has 3 atom stereocenters. The Balaban J connectivity index is 2.10. The van der Waals surface area contributed by atoms with Crippen molar-refractivity contribution in [1.82, 2.24) is 0 Å². The molecule has 0 amide bonds. The smallest absolute Gasteiger partial charge is 0.395 e. The number of benzene rings is 2. The van der Waals surface area contributed by atoms with Gasteiger partial charge in [-0.1, -0.05) is 35.3 Å². The summed E-state index contributed by atoms with van der Waals surface area (Å²) in [6.07, 6.45) is -5.47. The maximum atomic E-state index is 13.6. The highest BCUT2D eigenvalue weighted by atomic mass is 35.5. The van der Waals surface area contributed by atoms with E-state index in [1.165, 1.54) is 36.4 Å². The second-order valence-electron chi connectivity index (χ2n) is 7.08. The van der Waals surface area contributed by atoms with Crippen LogP contribution in [0.15, 0.2) is 42.5 Å². The van der Waals surface area contributed by atoms with Crippen LogP contribution >= 0.6 is 23.2 Å². The van der Waals surface area contributed by atoms with Crippen LogP contribution in [0.25, 0.3) is 0 Å². The normalized spacial score (nSPS) is 15.6. The van der Waals surface area contributed by atoms with Crippen molar-refractivity contribution >= 4 is 38.9 Å². The summed E-state index contributed by atoms with van der Waals surface area (Å²) in [5, 5.41) is 9.39. The van der Waals surface area contributed by atoms with Crippen molar-refractivity contribution in [1.29, 1.82) is 4.78 Å². The second kappa shape index (κ2) is 10.7. The van der Waals surface area contributed by atoms with E-state index >= 15 is 0 Å². The molecule has 0 bridgehead atoms. The standard InChI is InChI=1S/C20H21Cl2F3N2O4S/c21-13-3-6-18(16(22)11-13)31-14-4-1-12(2-5-14)15(20(23,24)25)7-9-32(27,30)10-8-17(26)19(28)29/h1-6,11,15,17,27H,7-10,26H2,(H,28,29)/t15?,17-,32?/m0/s1. The summed E-state index contributed by atoms with van der Waals surface area (Å²) in [7, 11) is -3.42. The molecule has 0 spiro atoms. The van der Waals surface area contributed by atoms with Gasteiger partial charge >= 0.3 is 12.1 Å². The maximum absolute atomic E-state index is 13.6. The molecule has 2 rings (SSSR count). The zero-order chi connectivity index (χ0) is 24.1. The predicted molar refractivity (Wildman–Crippen MR) is 117 cm³/mol. The third-order valence-electron chi connectivity index (χ3n) is 4.61. The summed E-state index contributed by atoms with van der Waals surface area (Å²) < 4.78 is 66.5. The first-order valence-electron chi connectivity index (χ1n) is 9.30. The van der Waals surface area contributed by atoms with E-state index in [1.807, 2.05) is 0 Å². The number of ether oxygens (including phenoxy) is 1. The van der Waals surface area contributed by atoms with E-state index in [0.717, 1.165) is 0 Å². The van der Waals surface area contributed by atoms with Crippen molar-refractivity contribution in [2.75, 3.05) is 11.5 Å². The van der Waals surface area contributed by atoms with Crippen LogP contribution in [-0.2, 0) is 14.5 Å². The van der Waals surface area contributed by atoms with Crippen molar-refractivity contribution in [3.05, 3.63) is 58.1 Å². The lowest BCUT2D eigenvalue weighted by atomic mass is 9.96. The molecule has 0 aliphatic rings. The van der Waals surface area contributed by atoms with Crippen molar-refractivity contribution < 1.29 is 32.0 Å². The first-order valence-corrected chi connectivity index (χ1v) is 12.0. The van der Waals surface area contributed by atoms with Gasteiger partial charge in [-0.05, 0) is 48.7 Å². The number of carbonyl (C=O) groups is 1. The molecule has 0 aliphatic carbocycles. The van der Waals surface area contributed by atoms with Gasteiger partial charge in [0.2, 0.25) is 0 Å². The highest BCUT2D eigenvalue weighted by Crippen LogP contribution is 2.39. The topological polar surface area (TPSA) is 113 Å². The third-order valence-corrected chi connectivity index (χ3v) is 6.93. The molecule has 0 fully saturated rings. The van der Waals surface area contributed by atoms with Crippen molar-refractivity contribution in [3.63, 3.8) is 0 Å². The first kappa shape index (κ1) is 26.2. The monoisotopic (exact) mass is 512 g/mol. The highest BCUT2D eigenvalue weighted by Gasteiger charge is 2.40. The van der Waals surface area contributed by atoms with Gasteiger partial charge in [0, 0.05) is 26.3 Å². The Bertz CT molecular complexity index is 1050. The number of hydrogen-bond donors (Lipinski definition) is 3. The summed E-state index contributed by atoms with van der Waals surface area (Å²) >= 11 is 11.8. The van der Waals surface area contributed by atoms with E-state index in [4.69, 9.17) is 43.6 Å². The first-order chi connectivity index (χ1) is 14.8. The van der Waals surface area contributed by atoms with Crippen molar-refractivity contribution in [2.45, 2.75) is 31.0 Å². The highest BCUT2D eigenvalue weighted by molar-refractivity contribution is 7.92. The van der Waals surface area contributed by atoms with Gasteiger partial charge in [-0.3, -0.25) is 9.57 Å². The van der Waals surface area contributed by atoms with Crippen LogP contribution in [-0.4, -0.2) is 39.0 Å². The molecule has 0 saturated heterocycles. The van der Waals surface area contributed by atoms with E-state index in [2.05, 4.69) is 0 Å². The van der Waals surface area contributed by atoms with Crippen LogP contribution in [0.3, 0.4) is 0 Å². The number of carboxylic acids is 1. The Morgan fingerprint density at radius 3 is 2.25 bits per heavy atom. The number of aliphatic carboxylic acids is 1. The Hall–Kier alpha value is -2.01. The largest absolute Gasteiger partial charge is 0.480 e. The number of nitrogens with one attached hydrogen (secondary N) is 1. The van der Waals surface area contributed by atoms with Gasteiger partial charge < -0.3 is 15.6 Å². The van der Waals surface area contributed by atoms with Crippen molar-refractivity contribution in [3.8, 4) is 11.5 Å². The molecule has 0 heterocycles. The Kier molecular flexibility index (Phi) is 8.81. The van der Waals surface area contributed by atoms with Gasteiger partial charge in [0.25, 0.3) is 0 Å². The lowest BCUT2D eigenvalue weighted by Crippen LogP contribution is -2.32. The average Bonchev–Trinajstić information content (AvgIpc) is 2.68. The molecule has 32 heavy (non-hydrogen) atoms. The van der Waals surface area contributed by atoms with Crippen molar-refractivity contribution in [2.24, 2.45) is 5.73 Å². The lowest BCUT2D eigenvalue weighted by Gasteiger charge is -2.22. The van der Waals surface area contributed by atoms with Gasteiger partial charge in [-0.2, -0.15) is 13.2 Å². The van der Waals surface area contributed by atoms with E-state index in [1.54, 1.807) is 6.07 Å². The number of nitrogens with two attached hydrogens (primary N) is 1. The molecule has 4 N–H and O–H groups in total. The number of rotatable bonds is 10. The zero-order valence-electron chi connectivity index (χ0n) is 16.6. The average molecular weight is 513 g/mol. The Morgan fingerprint density at radius 1 is 1.12 bits per heavy atom. The molecule has 176 valence electrons. The van der Waals surface area contributed by atoms with Crippen LogP contribution in [0.4, 0.5) is 13.2 Å². The minimum Gasteiger partial charge on any atom is -0.480 e. The molecule has 2 unspecified atom stereocenters. The fraction of sp³-hybridized carbons (Fsp3) is 0.350. The second-order valence-corrected chi connectivity index (χ2v) is 10.4. The minimum atomic E-state index is -4.63. The van der Waals surface area contributed by atoms with Crippen LogP contribution in [0.1, 0.15) is 24.3 Å². The summed E-state index contributed by atoms with van der Waals surface area (Å²) in [6, 6.07) is 8.41. The van der Waals surface area contributed by atoms with Crippen LogP contribution < -0.4 is 10.5 Å². The number of halogens is 5. The molecule has 0 aromatic heterocycles. The Morgan fingerprint density at radius 2 is 1.72 bits per heavy atom. The fourth-order valence-corrected chi connectivity index (χ4v) is 4.73. The number of alkyl halides is 3. The summed E-state index contributed by atoms with van der Waals surface area (Å²) in [5.74, 6) is -3.66. The Labute approximate surface area is 193 Å². The molecule has 0 aliphatic heterocycles. The molecule has 2 aromatic rings. The molecular formula is C20H21Cl2F3N2O4S. The molecule has 6 nitrogen and oxygen atoms in total. The van der Waals surface area contributed by atoms with Gasteiger partial charge in [0.05, 0.1) is 10.9 Å². The van der Waals surface area contributed by atoms with Crippen LogP contribution in [0, 0.1) is 4.78 Å². The van der Waals surface area contributed by atoms with E-state index in [9.17, 15) is 22.2 Å². The van der Waals surface area contributed by atoms with Gasteiger partial charge in [0.15, 0.2) is 0 Å². The maximum Gasteiger partial charge on any atom is 0.395 e. The minimum absolute atomic E-state index is 0.0792.